The Morgan fingerprint density at radius 2 is 1.84 bits per heavy atom. The molecule has 0 radical (unpaired) electrons. The molecule has 0 aliphatic heterocycles. The third-order valence-electron chi connectivity index (χ3n) is 4.71. The van der Waals surface area contributed by atoms with Crippen LogP contribution in [-0.4, -0.2) is 42.6 Å². The molecular formula is C23H26N4O4. The van der Waals surface area contributed by atoms with E-state index in [4.69, 9.17) is 9.26 Å². The van der Waals surface area contributed by atoms with Crippen molar-refractivity contribution in [2.45, 2.75) is 19.9 Å². The molecule has 0 saturated carbocycles. The number of methoxy groups -OCH3 is 1. The van der Waals surface area contributed by atoms with Crippen molar-refractivity contribution in [3.05, 3.63) is 71.5 Å². The number of hydrogen-bond donors (Lipinski definition) is 2. The minimum Gasteiger partial charge on any atom is -0.495 e. The van der Waals surface area contributed by atoms with Gasteiger partial charge in [0.2, 0.25) is 11.8 Å². The smallest absolute Gasteiger partial charge is 0.246 e. The minimum absolute atomic E-state index is 0.0240. The van der Waals surface area contributed by atoms with Crippen LogP contribution in [0.2, 0.25) is 0 Å². The van der Waals surface area contributed by atoms with Gasteiger partial charge >= 0.3 is 0 Å². The van der Waals surface area contributed by atoms with Gasteiger partial charge in [-0.15, -0.1) is 0 Å². The molecule has 1 unspecified atom stereocenters. The van der Waals surface area contributed by atoms with Crippen LogP contribution in [0.4, 0.5) is 11.5 Å². The number of aryl methyl sites for hydroxylation is 2. The molecule has 1 aromatic heterocycles. The fraction of sp³-hybridized carbons (Fsp3) is 0.261. The molecule has 1 heterocycles. The number of carbonyl (C=O) groups excluding carboxylic acids is 2. The predicted octanol–water partition coefficient (Wildman–Crippen LogP) is 3.55. The summed E-state index contributed by atoms with van der Waals surface area (Å²) in [4.78, 5) is 27.5. The highest BCUT2D eigenvalue weighted by atomic mass is 16.5. The van der Waals surface area contributed by atoms with Crippen molar-refractivity contribution in [3.63, 3.8) is 0 Å². The molecule has 8 nitrogen and oxygen atoms in total. The standard InChI is InChI=1S/C23H26N4O4/c1-15-10-11-19(30-4)18(12-15)24-23(29)22(17-8-6-5-7-9-17)27(3)14-21(28)25-20-13-16(2)31-26-20/h5-13,22H,14H2,1-4H3,(H,24,29)(H,25,26,28). The van der Waals surface area contributed by atoms with Crippen LogP contribution in [0.25, 0.3) is 0 Å². The van der Waals surface area contributed by atoms with Gasteiger partial charge in [-0.1, -0.05) is 41.6 Å². The number of benzene rings is 2. The van der Waals surface area contributed by atoms with Gasteiger partial charge in [-0.3, -0.25) is 14.5 Å². The Balaban J connectivity index is 1.80. The highest BCUT2D eigenvalue weighted by Crippen LogP contribution is 2.28. The van der Waals surface area contributed by atoms with E-state index in [1.54, 1.807) is 38.1 Å². The number of rotatable bonds is 8. The molecule has 0 spiro atoms. The fourth-order valence-electron chi connectivity index (χ4n) is 3.29. The van der Waals surface area contributed by atoms with E-state index in [-0.39, 0.29) is 18.4 Å². The molecule has 162 valence electrons. The van der Waals surface area contributed by atoms with Crippen molar-refractivity contribution in [2.24, 2.45) is 0 Å². The first-order valence-electron chi connectivity index (χ1n) is 9.81. The summed E-state index contributed by atoms with van der Waals surface area (Å²) in [5.41, 5.74) is 2.33. The van der Waals surface area contributed by atoms with Gasteiger partial charge < -0.3 is 19.9 Å². The zero-order valence-electron chi connectivity index (χ0n) is 18.0. The van der Waals surface area contributed by atoms with E-state index in [9.17, 15) is 9.59 Å². The monoisotopic (exact) mass is 422 g/mol. The summed E-state index contributed by atoms with van der Waals surface area (Å²) >= 11 is 0. The Hall–Kier alpha value is -3.65. The molecule has 3 rings (SSSR count). The molecule has 2 N–H and O–H groups in total. The van der Waals surface area contributed by atoms with Crippen LogP contribution in [-0.2, 0) is 9.59 Å². The first-order chi connectivity index (χ1) is 14.9. The zero-order valence-corrected chi connectivity index (χ0v) is 18.0. The van der Waals surface area contributed by atoms with Crippen molar-refractivity contribution in [3.8, 4) is 5.75 Å². The van der Waals surface area contributed by atoms with E-state index < -0.39 is 6.04 Å². The molecule has 2 aromatic carbocycles. The summed E-state index contributed by atoms with van der Waals surface area (Å²) in [6.07, 6.45) is 0. The molecule has 0 saturated heterocycles. The van der Waals surface area contributed by atoms with Crippen molar-refractivity contribution in [1.29, 1.82) is 0 Å². The van der Waals surface area contributed by atoms with E-state index in [1.165, 1.54) is 0 Å². The van der Waals surface area contributed by atoms with E-state index in [0.717, 1.165) is 11.1 Å². The number of likely N-dealkylation sites (N-methyl/N-ethyl adjacent to an activating group) is 1. The van der Waals surface area contributed by atoms with Crippen LogP contribution < -0.4 is 15.4 Å². The average molecular weight is 422 g/mol. The highest BCUT2D eigenvalue weighted by Gasteiger charge is 2.27. The number of nitrogens with zero attached hydrogens (tertiary/aromatic N) is 2. The second-order valence-corrected chi connectivity index (χ2v) is 7.29. The van der Waals surface area contributed by atoms with Gasteiger partial charge in [-0.25, -0.2) is 0 Å². The zero-order chi connectivity index (χ0) is 22.4. The molecule has 0 fully saturated rings. The maximum absolute atomic E-state index is 13.3. The lowest BCUT2D eigenvalue weighted by Gasteiger charge is -2.27. The van der Waals surface area contributed by atoms with Gasteiger partial charge in [0.1, 0.15) is 17.6 Å². The third-order valence-corrected chi connectivity index (χ3v) is 4.71. The molecule has 2 amide bonds. The van der Waals surface area contributed by atoms with E-state index in [1.807, 2.05) is 49.4 Å². The summed E-state index contributed by atoms with van der Waals surface area (Å²) in [5.74, 6) is 0.909. The number of hydrogen-bond acceptors (Lipinski definition) is 6. The first-order valence-corrected chi connectivity index (χ1v) is 9.81. The van der Waals surface area contributed by atoms with Crippen molar-refractivity contribution >= 4 is 23.3 Å². The Bertz CT molecular complexity index is 1050. The van der Waals surface area contributed by atoms with Gasteiger partial charge in [0.15, 0.2) is 5.82 Å². The lowest BCUT2D eigenvalue weighted by atomic mass is 10.0. The predicted molar refractivity (Wildman–Crippen MR) is 118 cm³/mol. The maximum atomic E-state index is 13.3. The van der Waals surface area contributed by atoms with Gasteiger partial charge in [-0.05, 0) is 44.2 Å². The van der Waals surface area contributed by atoms with Crippen LogP contribution in [0.3, 0.4) is 0 Å². The van der Waals surface area contributed by atoms with E-state index in [0.29, 0.717) is 23.0 Å². The number of anilines is 2. The highest BCUT2D eigenvalue weighted by molar-refractivity contribution is 5.98. The summed E-state index contributed by atoms with van der Waals surface area (Å²) in [6.45, 7) is 3.65. The number of carbonyl (C=O) groups is 2. The Morgan fingerprint density at radius 3 is 2.48 bits per heavy atom. The van der Waals surface area contributed by atoms with Crippen LogP contribution in [0.5, 0.6) is 5.75 Å². The van der Waals surface area contributed by atoms with Gasteiger partial charge in [0.05, 0.1) is 19.3 Å². The Labute approximate surface area is 181 Å². The summed E-state index contributed by atoms with van der Waals surface area (Å²) in [7, 11) is 3.27. The fourth-order valence-corrected chi connectivity index (χ4v) is 3.29. The minimum atomic E-state index is -0.698. The van der Waals surface area contributed by atoms with Gasteiger partial charge in [-0.2, -0.15) is 0 Å². The number of nitrogens with one attached hydrogen (secondary N) is 2. The summed E-state index contributed by atoms with van der Waals surface area (Å²) < 4.78 is 10.3. The second kappa shape index (κ2) is 9.90. The SMILES string of the molecule is COc1ccc(C)cc1NC(=O)C(c1ccccc1)N(C)CC(=O)Nc1cc(C)on1. The van der Waals surface area contributed by atoms with Gasteiger partial charge in [0, 0.05) is 6.07 Å². The van der Waals surface area contributed by atoms with Crippen molar-refractivity contribution in [2.75, 3.05) is 31.3 Å². The van der Waals surface area contributed by atoms with E-state index in [2.05, 4.69) is 15.8 Å². The summed E-state index contributed by atoms with van der Waals surface area (Å²) in [5, 5.41) is 9.39. The topological polar surface area (TPSA) is 96.7 Å². The quantitative estimate of drug-likeness (QED) is 0.576. The lowest BCUT2D eigenvalue weighted by molar-refractivity contribution is -0.123. The lowest BCUT2D eigenvalue weighted by Crippen LogP contribution is -2.39. The van der Waals surface area contributed by atoms with Crippen LogP contribution in [0, 0.1) is 13.8 Å². The molecular weight excluding hydrogens is 396 g/mol. The molecule has 0 aliphatic carbocycles. The molecule has 3 aromatic rings. The van der Waals surface area contributed by atoms with E-state index >= 15 is 0 Å². The van der Waals surface area contributed by atoms with Gasteiger partial charge in [0.25, 0.3) is 0 Å². The van der Waals surface area contributed by atoms with Crippen LogP contribution in [0.1, 0.15) is 22.9 Å². The Kier molecular flexibility index (Phi) is 7.04. The molecule has 1 atom stereocenters. The molecule has 31 heavy (non-hydrogen) atoms. The Morgan fingerprint density at radius 1 is 1.10 bits per heavy atom. The summed E-state index contributed by atoms with van der Waals surface area (Å²) in [6, 6.07) is 15.8. The van der Waals surface area contributed by atoms with Crippen molar-refractivity contribution in [1.82, 2.24) is 10.1 Å². The number of aromatic nitrogens is 1. The molecule has 0 bridgehead atoms. The largest absolute Gasteiger partial charge is 0.495 e. The third kappa shape index (κ3) is 5.70. The number of ether oxygens (including phenoxy) is 1. The normalized spacial score (nSPS) is 11.8. The first kappa shape index (κ1) is 22.0. The second-order valence-electron chi connectivity index (χ2n) is 7.29. The van der Waals surface area contributed by atoms with Crippen LogP contribution in [0.15, 0.2) is 59.1 Å². The maximum Gasteiger partial charge on any atom is 0.246 e. The number of amides is 2. The molecule has 0 aliphatic rings. The molecule has 8 heteroatoms. The van der Waals surface area contributed by atoms with Crippen LogP contribution >= 0.6 is 0 Å². The van der Waals surface area contributed by atoms with Crippen molar-refractivity contribution < 1.29 is 18.8 Å². The average Bonchev–Trinajstić information content (AvgIpc) is 3.13.